The SMILES string of the molecule is CCOc1ccccc1OCCN1CCCCC1c1nnc(C2CCOCC2)o1. The quantitative estimate of drug-likeness (QED) is 0.663. The summed E-state index contributed by atoms with van der Waals surface area (Å²) in [5.74, 6) is 3.45. The standard InChI is InChI=1S/C22H31N3O4/c1-2-27-19-8-3-4-9-20(19)28-16-13-25-12-6-5-7-18(25)22-24-23-21(29-22)17-10-14-26-15-11-17/h3-4,8-9,17-18H,2,5-7,10-16H2,1H3. The lowest BCUT2D eigenvalue weighted by Gasteiger charge is -2.33. The highest BCUT2D eigenvalue weighted by Crippen LogP contribution is 2.33. The van der Waals surface area contributed by atoms with Crippen molar-refractivity contribution >= 4 is 0 Å². The molecule has 1 aromatic heterocycles. The number of nitrogens with zero attached hydrogens (tertiary/aromatic N) is 3. The van der Waals surface area contributed by atoms with Gasteiger partial charge in [0.05, 0.1) is 12.6 Å². The number of rotatable bonds is 8. The fraction of sp³-hybridized carbons (Fsp3) is 0.636. The van der Waals surface area contributed by atoms with Crippen LogP contribution in [0.2, 0.25) is 0 Å². The second-order valence-electron chi connectivity index (χ2n) is 7.64. The second-order valence-corrected chi connectivity index (χ2v) is 7.64. The molecule has 4 rings (SSSR count). The van der Waals surface area contributed by atoms with E-state index in [9.17, 15) is 0 Å². The highest BCUT2D eigenvalue weighted by Gasteiger charge is 2.30. The Bertz CT molecular complexity index is 760. The molecule has 2 fully saturated rings. The van der Waals surface area contributed by atoms with Crippen LogP contribution in [0, 0.1) is 0 Å². The van der Waals surface area contributed by atoms with Crippen LogP contribution in [0.3, 0.4) is 0 Å². The molecule has 2 aromatic rings. The number of likely N-dealkylation sites (tertiary alicyclic amines) is 1. The molecule has 0 amide bonds. The molecular formula is C22H31N3O4. The summed E-state index contributed by atoms with van der Waals surface area (Å²) in [7, 11) is 0. The van der Waals surface area contributed by atoms with E-state index < -0.39 is 0 Å². The molecule has 0 spiro atoms. The molecule has 2 aliphatic heterocycles. The number of hydrogen-bond acceptors (Lipinski definition) is 7. The summed E-state index contributed by atoms with van der Waals surface area (Å²) >= 11 is 0. The van der Waals surface area contributed by atoms with Gasteiger partial charge in [0.25, 0.3) is 0 Å². The number of ether oxygens (including phenoxy) is 3. The highest BCUT2D eigenvalue weighted by atomic mass is 16.5. The third kappa shape index (κ3) is 5.08. The van der Waals surface area contributed by atoms with Gasteiger partial charge in [-0.05, 0) is 51.3 Å². The molecule has 0 saturated carbocycles. The van der Waals surface area contributed by atoms with Crippen LogP contribution >= 0.6 is 0 Å². The molecule has 1 aromatic carbocycles. The summed E-state index contributed by atoms with van der Waals surface area (Å²) in [4.78, 5) is 2.41. The monoisotopic (exact) mass is 401 g/mol. The van der Waals surface area contributed by atoms with E-state index in [1.54, 1.807) is 0 Å². The normalized spacial score (nSPS) is 21.2. The Balaban J connectivity index is 1.36. The lowest BCUT2D eigenvalue weighted by Crippen LogP contribution is -2.36. The lowest BCUT2D eigenvalue weighted by molar-refractivity contribution is 0.0761. The first-order valence-electron chi connectivity index (χ1n) is 10.8. The van der Waals surface area contributed by atoms with Crippen LogP contribution in [-0.2, 0) is 4.74 Å². The van der Waals surface area contributed by atoms with Crippen LogP contribution in [-0.4, -0.2) is 54.6 Å². The number of aromatic nitrogens is 2. The van der Waals surface area contributed by atoms with Gasteiger partial charge in [-0.2, -0.15) is 0 Å². The Kier molecular flexibility index (Phi) is 7.00. The Hall–Kier alpha value is -2.12. The zero-order chi connectivity index (χ0) is 19.9. The first-order valence-corrected chi connectivity index (χ1v) is 10.8. The van der Waals surface area contributed by atoms with Crippen LogP contribution in [0.5, 0.6) is 11.5 Å². The van der Waals surface area contributed by atoms with Gasteiger partial charge in [0.2, 0.25) is 11.8 Å². The summed E-state index contributed by atoms with van der Waals surface area (Å²) in [5.41, 5.74) is 0. The molecule has 0 aliphatic carbocycles. The second kappa shape index (κ2) is 10.1. The molecule has 7 nitrogen and oxygen atoms in total. The van der Waals surface area contributed by atoms with Crippen LogP contribution in [0.4, 0.5) is 0 Å². The van der Waals surface area contributed by atoms with Gasteiger partial charge in [0.1, 0.15) is 6.61 Å². The third-order valence-corrected chi connectivity index (χ3v) is 5.71. The van der Waals surface area contributed by atoms with Crippen LogP contribution < -0.4 is 9.47 Å². The Morgan fingerprint density at radius 3 is 2.55 bits per heavy atom. The largest absolute Gasteiger partial charge is 0.490 e. The molecule has 2 saturated heterocycles. The average Bonchev–Trinajstić information content (AvgIpc) is 3.26. The molecule has 29 heavy (non-hydrogen) atoms. The molecule has 158 valence electrons. The summed E-state index contributed by atoms with van der Waals surface area (Å²) in [5, 5.41) is 8.77. The van der Waals surface area contributed by atoms with Crippen molar-refractivity contribution in [3.05, 3.63) is 36.0 Å². The van der Waals surface area contributed by atoms with Gasteiger partial charge in [0.15, 0.2) is 11.5 Å². The van der Waals surface area contributed by atoms with Crippen LogP contribution in [0.15, 0.2) is 28.7 Å². The van der Waals surface area contributed by atoms with E-state index in [1.165, 1.54) is 12.8 Å². The van der Waals surface area contributed by atoms with Crippen molar-refractivity contribution in [2.24, 2.45) is 0 Å². The predicted octanol–water partition coefficient (Wildman–Crippen LogP) is 3.97. The van der Waals surface area contributed by atoms with Crippen LogP contribution in [0.25, 0.3) is 0 Å². The fourth-order valence-corrected chi connectivity index (χ4v) is 4.15. The first-order chi connectivity index (χ1) is 14.3. The topological polar surface area (TPSA) is 69.9 Å². The maximum atomic E-state index is 6.13. The number of para-hydroxylation sites is 2. The van der Waals surface area contributed by atoms with Crippen molar-refractivity contribution in [2.45, 2.75) is 51.0 Å². The number of hydrogen-bond donors (Lipinski definition) is 0. The summed E-state index contributed by atoms with van der Waals surface area (Å²) in [6.45, 7) is 6.60. The van der Waals surface area contributed by atoms with E-state index >= 15 is 0 Å². The maximum Gasteiger partial charge on any atom is 0.233 e. The molecule has 3 heterocycles. The van der Waals surface area contributed by atoms with E-state index in [2.05, 4.69) is 15.1 Å². The highest BCUT2D eigenvalue weighted by molar-refractivity contribution is 5.39. The van der Waals surface area contributed by atoms with Crippen molar-refractivity contribution in [3.63, 3.8) is 0 Å². The van der Waals surface area contributed by atoms with Crippen molar-refractivity contribution < 1.29 is 18.6 Å². The lowest BCUT2D eigenvalue weighted by atomic mass is 10.0. The zero-order valence-electron chi connectivity index (χ0n) is 17.2. The van der Waals surface area contributed by atoms with Crippen molar-refractivity contribution in [1.82, 2.24) is 15.1 Å². The fourth-order valence-electron chi connectivity index (χ4n) is 4.15. The van der Waals surface area contributed by atoms with Gasteiger partial charge in [-0.25, -0.2) is 0 Å². The van der Waals surface area contributed by atoms with Crippen molar-refractivity contribution in [3.8, 4) is 11.5 Å². The predicted molar refractivity (Wildman–Crippen MR) is 108 cm³/mol. The third-order valence-electron chi connectivity index (χ3n) is 5.71. The average molecular weight is 402 g/mol. The molecule has 0 bridgehead atoms. The Morgan fingerprint density at radius 2 is 1.76 bits per heavy atom. The Labute approximate surface area is 172 Å². The first kappa shape index (κ1) is 20.2. The van der Waals surface area contributed by atoms with E-state index in [4.69, 9.17) is 18.6 Å². The van der Waals surface area contributed by atoms with E-state index in [0.717, 1.165) is 68.8 Å². The molecule has 2 aliphatic rings. The maximum absolute atomic E-state index is 6.13. The smallest absolute Gasteiger partial charge is 0.233 e. The van der Waals surface area contributed by atoms with Gasteiger partial charge in [-0.3, -0.25) is 4.90 Å². The summed E-state index contributed by atoms with van der Waals surface area (Å²) in [6, 6.07) is 8.01. The molecule has 1 unspecified atom stereocenters. The van der Waals surface area contributed by atoms with Crippen molar-refractivity contribution in [1.29, 1.82) is 0 Å². The van der Waals surface area contributed by atoms with Gasteiger partial charge in [0, 0.05) is 25.7 Å². The molecule has 0 N–H and O–H groups in total. The molecule has 1 atom stereocenters. The number of benzene rings is 1. The van der Waals surface area contributed by atoms with Gasteiger partial charge >= 0.3 is 0 Å². The van der Waals surface area contributed by atoms with Crippen molar-refractivity contribution in [2.75, 3.05) is 39.5 Å². The molecular weight excluding hydrogens is 370 g/mol. The van der Waals surface area contributed by atoms with E-state index in [-0.39, 0.29) is 6.04 Å². The van der Waals surface area contributed by atoms with E-state index in [0.29, 0.717) is 19.1 Å². The Morgan fingerprint density at radius 1 is 1.00 bits per heavy atom. The van der Waals surface area contributed by atoms with Gasteiger partial charge in [-0.1, -0.05) is 18.6 Å². The molecule has 0 radical (unpaired) electrons. The van der Waals surface area contributed by atoms with E-state index in [1.807, 2.05) is 31.2 Å². The zero-order valence-corrected chi connectivity index (χ0v) is 17.2. The van der Waals surface area contributed by atoms with Crippen LogP contribution in [0.1, 0.15) is 62.8 Å². The minimum atomic E-state index is 0.176. The van der Waals surface area contributed by atoms with Gasteiger partial charge < -0.3 is 18.6 Å². The van der Waals surface area contributed by atoms with Gasteiger partial charge in [-0.15, -0.1) is 10.2 Å². The molecule has 7 heteroatoms. The minimum Gasteiger partial charge on any atom is -0.490 e. The summed E-state index contributed by atoms with van der Waals surface area (Å²) < 4.78 is 23.3. The minimum absolute atomic E-state index is 0.176. The number of piperidine rings is 1. The summed E-state index contributed by atoms with van der Waals surface area (Å²) in [6.07, 6.45) is 5.34.